The van der Waals surface area contributed by atoms with E-state index in [-0.39, 0.29) is 30.3 Å². The van der Waals surface area contributed by atoms with E-state index < -0.39 is 40.8 Å². The third-order valence-electron chi connectivity index (χ3n) is 5.08. The molecule has 0 radical (unpaired) electrons. The second-order valence-corrected chi connectivity index (χ2v) is 7.75. The summed E-state index contributed by atoms with van der Waals surface area (Å²) in [7, 11) is 0. The van der Waals surface area contributed by atoms with Crippen molar-refractivity contribution in [1.82, 2.24) is 5.32 Å². The van der Waals surface area contributed by atoms with Crippen LogP contribution in [-0.2, 0) is 23.9 Å². The molecule has 0 aromatic heterocycles. The molecule has 0 aliphatic heterocycles. The summed E-state index contributed by atoms with van der Waals surface area (Å²) < 4.78 is 71.8. The van der Waals surface area contributed by atoms with Gasteiger partial charge in [0.25, 0.3) is 5.91 Å². The van der Waals surface area contributed by atoms with Crippen LogP contribution in [0.3, 0.4) is 0 Å². The van der Waals surface area contributed by atoms with Crippen LogP contribution in [0.1, 0.15) is 39.0 Å². The van der Waals surface area contributed by atoms with Gasteiger partial charge < -0.3 is 15.2 Å². The number of rotatable bonds is 8. The first-order chi connectivity index (χ1) is 16.4. The van der Waals surface area contributed by atoms with Crippen molar-refractivity contribution in [1.29, 1.82) is 0 Å². The maximum atomic E-state index is 14.1. The van der Waals surface area contributed by atoms with E-state index in [4.69, 9.17) is 9.84 Å². The summed E-state index contributed by atoms with van der Waals surface area (Å²) >= 11 is 0. The molecule has 0 aliphatic carbocycles. The first-order valence-electron chi connectivity index (χ1n) is 10.4. The molecule has 0 aliphatic rings. The molecule has 35 heavy (non-hydrogen) atoms. The molecule has 0 atom stereocenters. The van der Waals surface area contributed by atoms with Crippen molar-refractivity contribution >= 4 is 11.9 Å². The minimum Gasteiger partial charge on any atom is -0.481 e. The van der Waals surface area contributed by atoms with Crippen LogP contribution in [0, 0.1) is 18.6 Å². The van der Waals surface area contributed by atoms with Gasteiger partial charge in [0, 0.05) is 19.0 Å². The smallest absolute Gasteiger partial charge is 0.416 e. The summed E-state index contributed by atoms with van der Waals surface area (Å²) in [4.78, 5) is 23.0. The van der Waals surface area contributed by atoms with Gasteiger partial charge in [0.2, 0.25) is 0 Å². The molecule has 3 aromatic rings. The predicted octanol–water partition coefficient (Wildman–Crippen LogP) is 6.03. The van der Waals surface area contributed by atoms with Crippen LogP contribution >= 0.6 is 0 Å². The van der Waals surface area contributed by atoms with Crippen molar-refractivity contribution in [2.24, 2.45) is 0 Å². The number of carbonyl (C=O) groups excluding carboxylic acids is 1. The van der Waals surface area contributed by atoms with E-state index in [1.807, 2.05) is 0 Å². The van der Waals surface area contributed by atoms with Crippen LogP contribution in [0.5, 0.6) is 11.5 Å². The molecule has 0 fully saturated rings. The first kappa shape index (κ1) is 25.7. The first-order valence-corrected chi connectivity index (χ1v) is 10.4. The zero-order chi connectivity index (χ0) is 25.8. The van der Waals surface area contributed by atoms with Crippen molar-refractivity contribution < 1.29 is 41.4 Å². The molecule has 3 aromatic carbocycles. The SMILES string of the molecule is Cc1cc(Oc2cc(F)cc(CNC(=O)c3ccc(C(F)(F)F)cc3F)c2)ccc1CCC(=O)O. The van der Waals surface area contributed by atoms with Crippen molar-refractivity contribution in [3.05, 3.63) is 94.0 Å². The Labute approximate surface area is 197 Å². The van der Waals surface area contributed by atoms with E-state index in [1.54, 1.807) is 25.1 Å². The van der Waals surface area contributed by atoms with Gasteiger partial charge in [-0.1, -0.05) is 6.07 Å². The maximum Gasteiger partial charge on any atom is 0.416 e. The summed E-state index contributed by atoms with van der Waals surface area (Å²) in [5.41, 5.74) is 0.104. The fourth-order valence-electron chi connectivity index (χ4n) is 3.32. The van der Waals surface area contributed by atoms with Gasteiger partial charge in [-0.2, -0.15) is 13.2 Å². The summed E-state index contributed by atoms with van der Waals surface area (Å²) in [6.45, 7) is 1.55. The number of ether oxygens (including phenoxy) is 1. The third-order valence-corrected chi connectivity index (χ3v) is 5.08. The number of halogens is 5. The highest BCUT2D eigenvalue weighted by Crippen LogP contribution is 2.30. The zero-order valence-electron chi connectivity index (χ0n) is 18.4. The number of aliphatic carboxylic acids is 1. The molecule has 2 N–H and O–H groups in total. The van der Waals surface area contributed by atoms with Gasteiger partial charge in [-0.3, -0.25) is 9.59 Å². The maximum absolute atomic E-state index is 14.1. The lowest BCUT2D eigenvalue weighted by Gasteiger charge is -2.12. The molecular formula is C25H20F5NO4. The Morgan fingerprint density at radius 2 is 1.71 bits per heavy atom. The predicted molar refractivity (Wildman–Crippen MR) is 116 cm³/mol. The lowest BCUT2D eigenvalue weighted by molar-refractivity contribution is -0.138. The second-order valence-electron chi connectivity index (χ2n) is 7.75. The zero-order valence-corrected chi connectivity index (χ0v) is 18.4. The fourth-order valence-corrected chi connectivity index (χ4v) is 3.32. The van der Waals surface area contributed by atoms with Gasteiger partial charge in [-0.05, 0) is 72.5 Å². The highest BCUT2D eigenvalue weighted by Gasteiger charge is 2.31. The lowest BCUT2D eigenvalue weighted by atomic mass is 10.0. The molecule has 10 heteroatoms. The molecule has 1 amide bonds. The van der Waals surface area contributed by atoms with E-state index in [2.05, 4.69) is 5.32 Å². The van der Waals surface area contributed by atoms with Crippen LogP contribution < -0.4 is 10.1 Å². The van der Waals surface area contributed by atoms with E-state index in [0.717, 1.165) is 29.3 Å². The Balaban J connectivity index is 1.68. The number of amides is 1. The number of hydrogen-bond donors (Lipinski definition) is 2. The average Bonchev–Trinajstić information content (AvgIpc) is 2.75. The molecule has 0 heterocycles. The largest absolute Gasteiger partial charge is 0.481 e. The highest BCUT2D eigenvalue weighted by molar-refractivity contribution is 5.94. The third kappa shape index (κ3) is 7.02. The number of carboxylic acids is 1. The van der Waals surface area contributed by atoms with Gasteiger partial charge in [0.05, 0.1) is 11.1 Å². The van der Waals surface area contributed by atoms with Crippen molar-refractivity contribution in [3.8, 4) is 11.5 Å². The average molecular weight is 493 g/mol. The molecule has 184 valence electrons. The van der Waals surface area contributed by atoms with Crippen molar-refractivity contribution in [2.45, 2.75) is 32.5 Å². The van der Waals surface area contributed by atoms with Gasteiger partial charge in [-0.25, -0.2) is 8.78 Å². The number of hydrogen-bond acceptors (Lipinski definition) is 3. The molecular weight excluding hydrogens is 473 g/mol. The molecule has 5 nitrogen and oxygen atoms in total. The Morgan fingerprint density at radius 1 is 0.971 bits per heavy atom. The standard InChI is InChI=1S/C25H20F5NO4/c1-14-8-19(5-2-16(14)3-7-23(32)33)35-20-10-15(9-18(26)12-20)13-31-24(34)21-6-4-17(11-22(21)27)25(28,29)30/h2,4-6,8-12H,3,7,13H2,1H3,(H,31,34)(H,32,33). The molecule has 3 rings (SSSR count). The van der Waals surface area contributed by atoms with Crippen molar-refractivity contribution in [2.75, 3.05) is 0 Å². The number of carboxylic acid groups (broad SMARTS) is 1. The highest BCUT2D eigenvalue weighted by atomic mass is 19.4. The van der Waals surface area contributed by atoms with E-state index in [0.29, 0.717) is 18.2 Å². The van der Waals surface area contributed by atoms with Gasteiger partial charge in [0.1, 0.15) is 23.1 Å². The summed E-state index contributed by atoms with van der Waals surface area (Å²) in [6.07, 6.45) is -4.41. The Morgan fingerprint density at radius 3 is 2.34 bits per heavy atom. The molecule has 0 bridgehead atoms. The summed E-state index contributed by atoms with van der Waals surface area (Å²) in [6, 6.07) is 10.3. The van der Waals surface area contributed by atoms with E-state index in [9.17, 15) is 31.5 Å². The number of alkyl halides is 3. The van der Waals surface area contributed by atoms with Crippen LogP contribution in [0.25, 0.3) is 0 Å². The second kappa shape index (κ2) is 10.5. The molecule has 0 spiro atoms. The number of carbonyl (C=O) groups is 2. The van der Waals surface area contributed by atoms with Crippen LogP contribution in [0.2, 0.25) is 0 Å². The van der Waals surface area contributed by atoms with E-state index in [1.165, 1.54) is 6.07 Å². The minimum atomic E-state index is -4.74. The topological polar surface area (TPSA) is 75.6 Å². The minimum absolute atomic E-state index is 0.0175. The van der Waals surface area contributed by atoms with Gasteiger partial charge in [-0.15, -0.1) is 0 Å². The van der Waals surface area contributed by atoms with Crippen LogP contribution in [0.15, 0.2) is 54.6 Å². The molecule has 0 saturated heterocycles. The van der Waals surface area contributed by atoms with Gasteiger partial charge >= 0.3 is 12.1 Å². The molecule has 0 saturated carbocycles. The fraction of sp³-hybridized carbons (Fsp3) is 0.200. The van der Waals surface area contributed by atoms with Gasteiger partial charge in [0.15, 0.2) is 0 Å². The monoisotopic (exact) mass is 493 g/mol. The Kier molecular flexibility index (Phi) is 7.73. The van der Waals surface area contributed by atoms with Crippen molar-refractivity contribution in [3.63, 3.8) is 0 Å². The normalized spacial score (nSPS) is 11.3. The summed E-state index contributed by atoms with van der Waals surface area (Å²) in [5.74, 6) is -3.37. The summed E-state index contributed by atoms with van der Waals surface area (Å²) in [5, 5.41) is 11.2. The number of nitrogens with one attached hydrogen (secondary N) is 1. The number of aryl methyl sites for hydroxylation is 2. The van der Waals surface area contributed by atoms with E-state index >= 15 is 0 Å². The lowest BCUT2D eigenvalue weighted by Crippen LogP contribution is -2.24. The Bertz CT molecular complexity index is 1260. The van der Waals surface area contributed by atoms with Crippen LogP contribution in [-0.4, -0.2) is 17.0 Å². The quantitative estimate of drug-likeness (QED) is 0.376. The van der Waals surface area contributed by atoms with Crippen LogP contribution in [0.4, 0.5) is 22.0 Å². The molecule has 0 unspecified atom stereocenters. The Hall–Kier alpha value is -3.95. The number of benzene rings is 3.